The third kappa shape index (κ3) is 7.71. The van der Waals surface area contributed by atoms with E-state index in [1.165, 1.54) is 0 Å². The summed E-state index contributed by atoms with van der Waals surface area (Å²) in [6.45, 7) is 11.7. The number of likely N-dealkylation sites (N-methyl/N-ethyl adjacent to an activating group) is 3. The number of methoxy groups -OCH3 is 1. The first-order valence-corrected chi connectivity index (χ1v) is 6.66. The molecule has 4 heteroatoms. The molecule has 0 saturated carbocycles. The highest BCUT2D eigenvalue weighted by Crippen LogP contribution is 2.02. The van der Waals surface area contributed by atoms with E-state index >= 15 is 0 Å². The van der Waals surface area contributed by atoms with Gasteiger partial charge in [-0.15, -0.1) is 0 Å². The summed E-state index contributed by atoms with van der Waals surface area (Å²) in [7, 11) is 6.02. The molecule has 0 heterocycles. The lowest BCUT2D eigenvalue weighted by Gasteiger charge is -2.33. The molecule has 2 unspecified atom stereocenters. The molecular formula is C13H31N3O. The van der Waals surface area contributed by atoms with Crippen LogP contribution in [0.5, 0.6) is 0 Å². The summed E-state index contributed by atoms with van der Waals surface area (Å²) in [6.07, 6.45) is 0. The van der Waals surface area contributed by atoms with E-state index in [-0.39, 0.29) is 0 Å². The smallest absolute Gasteiger partial charge is 0.0628 e. The lowest BCUT2D eigenvalue weighted by atomic mass is 10.2. The Bertz CT molecular complexity index is 170. The standard InChI is InChI=1S/C13H31N3O/c1-7-14-13(11-17-6)10-16(8-2)12(3)9-15(4)5/h12-14H,7-11H2,1-6H3. The van der Waals surface area contributed by atoms with E-state index < -0.39 is 0 Å². The van der Waals surface area contributed by atoms with E-state index in [4.69, 9.17) is 4.74 Å². The fraction of sp³-hybridized carbons (Fsp3) is 1.00. The maximum atomic E-state index is 5.26. The highest BCUT2D eigenvalue weighted by Gasteiger charge is 2.17. The number of rotatable bonds is 10. The van der Waals surface area contributed by atoms with Gasteiger partial charge in [-0.05, 0) is 34.1 Å². The van der Waals surface area contributed by atoms with Crippen LogP contribution in [0.25, 0.3) is 0 Å². The van der Waals surface area contributed by atoms with Crippen LogP contribution < -0.4 is 5.32 Å². The summed E-state index contributed by atoms with van der Waals surface area (Å²) in [5.41, 5.74) is 0. The molecule has 0 aromatic rings. The van der Waals surface area contributed by atoms with Gasteiger partial charge in [0, 0.05) is 32.3 Å². The molecule has 0 aliphatic rings. The van der Waals surface area contributed by atoms with E-state index in [0.29, 0.717) is 12.1 Å². The van der Waals surface area contributed by atoms with Gasteiger partial charge >= 0.3 is 0 Å². The summed E-state index contributed by atoms with van der Waals surface area (Å²) < 4.78 is 5.26. The molecule has 104 valence electrons. The van der Waals surface area contributed by atoms with E-state index in [2.05, 4.69) is 50.0 Å². The van der Waals surface area contributed by atoms with Crippen LogP contribution in [0.1, 0.15) is 20.8 Å². The van der Waals surface area contributed by atoms with Crippen molar-refractivity contribution in [3.8, 4) is 0 Å². The van der Waals surface area contributed by atoms with Crippen LogP contribution in [0, 0.1) is 0 Å². The largest absolute Gasteiger partial charge is 0.383 e. The minimum atomic E-state index is 0.426. The number of nitrogens with zero attached hydrogens (tertiary/aromatic N) is 2. The van der Waals surface area contributed by atoms with Gasteiger partial charge in [0.25, 0.3) is 0 Å². The third-order valence-electron chi connectivity index (χ3n) is 2.97. The van der Waals surface area contributed by atoms with Gasteiger partial charge in [0.15, 0.2) is 0 Å². The Morgan fingerprint density at radius 2 is 1.82 bits per heavy atom. The SMILES string of the molecule is CCNC(COC)CN(CC)C(C)CN(C)C. The van der Waals surface area contributed by atoms with Gasteiger partial charge < -0.3 is 15.0 Å². The van der Waals surface area contributed by atoms with Crippen molar-refractivity contribution >= 4 is 0 Å². The van der Waals surface area contributed by atoms with Crippen LogP contribution in [-0.4, -0.2) is 75.9 Å². The van der Waals surface area contributed by atoms with Gasteiger partial charge in [-0.25, -0.2) is 0 Å². The molecule has 0 amide bonds. The molecule has 0 bridgehead atoms. The molecule has 0 aliphatic carbocycles. The second-order valence-electron chi connectivity index (χ2n) is 4.91. The lowest BCUT2D eigenvalue weighted by Crippen LogP contribution is -2.49. The molecule has 0 aliphatic heterocycles. The van der Waals surface area contributed by atoms with E-state index in [0.717, 1.165) is 32.8 Å². The molecule has 0 fully saturated rings. The molecule has 0 spiro atoms. The van der Waals surface area contributed by atoms with E-state index in [1.54, 1.807) is 7.11 Å². The molecule has 0 saturated heterocycles. The van der Waals surface area contributed by atoms with E-state index in [1.807, 2.05) is 0 Å². The Morgan fingerprint density at radius 1 is 1.18 bits per heavy atom. The van der Waals surface area contributed by atoms with Crippen molar-refractivity contribution in [1.82, 2.24) is 15.1 Å². The minimum Gasteiger partial charge on any atom is -0.383 e. The normalized spacial score (nSPS) is 15.5. The quantitative estimate of drug-likeness (QED) is 0.618. The van der Waals surface area contributed by atoms with Gasteiger partial charge in [0.05, 0.1) is 6.61 Å². The first-order chi connectivity index (χ1) is 8.04. The highest BCUT2D eigenvalue weighted by atomic mass is 16.5. The van der Waals surface area contributed by atoms with Crippen LogP contribution in [0.2, 0.25) is 0 Å². The maximum absolute atomic E-state index is 5.26. The average molecular weight is 245 g/mol. The monoisotopic (exact) mass is 245 g/mol. The molecule has 0 radical (unpaired) electrons. The van der Waals surface area contributed by atoms with Crippen molar-refractivity contribution in [2.75, 3.05) is 54.0 Å². The van der Waals surface area contributed by atoms with Gasteiger partial charge in [-0.3, -0.25) is 4.90 Å². The molecule has 1 N–H and O–H groups in total. The van der Waals surface area contributed by atoms with Crippen molar-refractivity contribution in [1.29, 1.82) is 0 Å². The minimum absolute atomic E-state index is 0.426. The summed E-state index contributed by atoms with van der Waals surface area (Å²) in [5.74, 6) is 0. The maximum Gasteiger partial charge on any atom is 0.0628 e. The molecule has 17 heavy (non-hydrogen) atoms. The van der Waals surface area contributed by atoms with E-state index in [9.17, 15) is 0 Å². The Labute approximate surface area is 107 Å². The number of hydrogen-bond donors (Lipinski definition) is 1. The average Bonchev–Trinajstić information content (AvgIpc) is 2.25. The van der Waals surface area contributed by atoms with Crippen LogP contribution in [0.15, 0.2) is 0 Å². The van der Waals surface area contributed by atoms with Crippen molar-refractivity contribution in [3.63, 3.8) is 0 Å². The Hall–Kier alpha value is -0.160. The van der Waals surface area contributed by atoms with Crippen LogP contribution in [-0.2, 0) is 4.74 Å². The van der Waals surface area contributed by atoms with Gasteiger partial charge in [0.2, 0.25) is 0 Å². The molecule has 0 aromatic heterocycles. The third-order valence-corrected chi connectivity index (χ3v) is 2.97. The molecular weight excluding hydrogens is 214 g/mol. The number of hydrogen-bond acceptors (Lipinski definition) is 4. The van der Waals surface area contributed by atoms with Crippen molar-refractivity contribution < 1.29 is 4.74 Å². The zero-order valence-corrected chi connectivity index (χ0v) is 12.5. The van der Waals surface area contributed by atoms with Gasteiger partial charge in [-0.2, -0.15) is 0 Å². The number of ether oxygens (including phenoxy) is 1. The summed E-state index contributed by atoms with van der Waals surface area (Å²) in [5, 5.41) is 3.48. The first-order valence-electron chi connectivity index (χ1n) is 6.66. The van der Waals surface area contributed by atoms with Crippen LogP contribution in [0.4, 0.5) is 0 Å². The summed E-state index contributed by atoms with van der Waals surface area (Å²) >= 11 is 0. The zero-order chi connectivity index (χ0) is 13.3. The summed E-state index contributed by atoms with van der Waals surface area (Å²) in [6, 6.07) is 1.00. The molecule has 0 aromatic carbocycles. The first kappa shape index (κ1) is 16.8. The second-order valence-corrected chi connectivity index (χ2v) is 4.91. The Morgan fingerprint density at radius 3 is 2.24 bits per heavy atom. The fourth-order valence-corrected chi connectivity index (χ4v) is 2.21. The molecule has 2 atom stereocenters. The van der Waals surface area contributed by atoms with Crippen LogP contribution in [0.3, 0.4) is 0 Å². The predicted molar refractivity (Wildman–Crippen MR) is 74.6 cm³/mol. The fourth-order valence-electron chi connectivity index (χ4n) is 2.21. The number of nitrogens with one attached hydrogen (secondary N) is 1. The Kier molecular flexibility index (Phi) is 9.74. The molecule has 4 nitrogen and oxygen atoms in total. The summed E-state index contributed by atoms with van der Waals surface area (Å²) in [4.78, 5) is 4.75. The van der Waals surface area contributed by atoms with Crippen LogP contribution >= 0.6 is 0 Å². The highest BCUT2D eigenvalue weighted by molar-refractivity contribution is 4.76. The predicted octanol–water partition coefficient (Wildman–Crippen LogP) is 0.883. The molecule has 0 rings (SSSR count). The van der Waals surface area contributed by atoms with Gasteiger partial charge in [-0.1, -0.05) is 13.8 Å². The van der Waals surface area contributed by atoms with Gasteiger partial charge in [0.1, 0.15) is 0 Å². The Balaban J connectivity index is 4.22. The topological polar surface area (TPSA) is 27.7 Å². The lowest BCUT2D eigenvalue weighted by molar-refractivity contribution is 0.116. The zero-order valence-electron chi connectivity index (χ0n) is 12.5. The van der Waals surface area contributed by atoms with Crippen molar-refractivity contribution in [2.45, 2.75) is 32.9 Å². The second kappa shape index (κ2) is 9.83. The van der Waals surface area contributed by atoms with Crippen molar-refractivity contribution in [3.05, 3.63) is 0 Å². The van der Waals surface area contributed by atoms with Crippen molar-refractivity contribution in [2.24, 2.45) is 0 Å².